The van der Waals surface area contributed by atoms with Gasteiger partial charge in [-0.05, 0) is 46.0 Å². The van der Waals surface area contributed by atoms with Crippen LogP contribution in [-0.2, 0) is 6.54 Å². The molecule has 0 saturated carbocycles. The number of guanidine groups is 1. The summed E-state index contributed by atoms with van der Waals surface area (Å²) < 4.78 is 11.4. The lowest BCUT2D eigenvalue weighted by Gasteiger charge is -2.16. The Labute approximate surface area is 176 Å². The number of aliphatic imine (C=N–C) groups is 1. The van der Waals surface area contributed by atoms with Gasteiger partial charge in [0.15, 0.2) is 17.5 Å². The van der Waals surface area contributed by atoms with Gasteiger partial charge in [-0.15, -0.1) is 24.0 Å². The summed E-state index contributed by atoms with van der Waals surface area (Å²) in [5.41, 5.74) is 2.49. The maximum absolute atomic E-state index is 5.74. The third-order valence-corrected chi connectivity index (χ3v) is 4.88. The number of nitrogens with one attached hydrogen (secondary N) is 2. The molecule has 1 aliphatic rings. The van der Waals surface area contributed by atoms with Crippen molar-refractivity contribution in [3.63, 3.8) is 0 Å². The van der Waals surface area contributed by atoms with Crippen molar-refractivity contribution in [3.8, 4) is 11.5 Å². The predicted molar refractivity (Wildman–Crippen MR) is 118 cm³/mol. The molecule has 1 aromatic carbocycles. The van der Waals surface area contributed by atoms with Crippen LogP contribution in [-0.4, -0.2) is 32.8 Å². The zero-order valence-corrected chi connectivity index (χ0v) is 18.3. The van der Waals surface area contributed by atoms with Crippen molar-refractivity contribution >= 4 is 41.3 Å². The molecular weight excluding hydrogens is 461 g/mol. The van der Waals surface area contributed by atoms with Gasteiger partial charge in [0.05, 0.1) is 13.2 Å². The lowest BCUT2D eigenvalue weighted by atomic mass is 10.1. The third kappa shape index (κ3) is 5.77. The summed E-state index contributed by atoms with van der Waals surface area (Å²) in [6, 6.07) is 8.24. The highest BCUT2D eigenvalue weighted by atomic mass is 127. The van der Waals surface area contributed by atoms with Crippen molar-refractivity contribution in [1.29, 1.82) is 0 Å². The van der Waals surface area contributed by atoms with Gasteiger partial charge in [0.25, 0.3) is 0 Å². The van der Waals surface area contributed by atoms with Crippen LogP contribution in [0.25, 0.3) is 0 Å². The van der Waals surface area contributed by atoms with E-state index in [1.807, 2.05) is 12.1 Å². The van der Waals surface area contributed by atoms with Crippen molar-refractivity contribution in [2.75, 3.05) is 26.8 Å². The Balaban J connectivity index is 0.00000243. The highest BCUT2D eigenvalue weighted by Gasteiger charge is 2.11. The van der Waals surface area contributed by atoms with Crippen molar-refractivity contribution < 1.29 is 9.47 Å². The zero-order valence-electron chi connectivity index (χ0n) is 15.2. The number of thiophene rings is 1. The molecule has 1 atom stereocenters. The molecule has 0 bridgehead atoms. The van der Waals surface area contributed by atoms with Crippen LogP contribution in [0.15, 0.2) is 40.0 Å². The average Bonchev–Trinajstić information content (AvgIpc) is 3.07. The average molecular weight is 487 g/mol. The van der Waals surface area contributed by atoms with Crippen molar-refractivity contribution in [1.82, 2.24) is 10.6 Å². The summed E-state index contributed by atoms with van der Waals surface area (Å²) in [6.45, 7) is 5.16. The first-order chi connectivity index (χ1) is 12.3. The van der Waals surface area contributed by atoms with E-state index >= 15 is 0 Å². The first-order valence-electron chi connectivity index (χ1n) is 8.61. The van der Waals surface area contributed by atoms with Crippen LogP contribution in [0.4, 0.5) is 0 Å². The van der Waals surface area contributed by atoms with Gasteiger partial charge < -0.3 is 20.1 Å². The molecule has 1 aliphatic heterocycles. The Morgan fingerprint density at radius 1 is 1.19 bits per heavy atom. The topological polar surface area (TPSA) is 54.9 Å². The van der Waals surface area contributed by atoms with Crippen molar-refractivity contribution in [3.05, 3.63) is 46.2 Å². The van der Waals surface area contributed by atoms with Crippen LogP contribution in [0.2, 0.25) is 0 Å². The Bertz CT molecular complexity index is 707. The van der Waals surface area contributed by atoms with E-state index in [0.29, 0.717) is 25.7 Å². The third-order valence-electron chi connectivity index (χ3n) is 4.18. The van der Waals surface area contributed by atoms with Crippen molar-refractivity contribution in [2.24, 2.45) is 4.99 Å². The normalized spacial score (nSPS) is 14.8. The van der Waals surface area contributed by atoms with Gasteiger partial charge >= 0.3 is 0 Å². The van der Waals surface area contributed by atoms with E-state index in [1.165, 1.54) is 5.56 Å². The van der Waals surface area contributed by atoms with Crippen LogP contribution in [0, 0.1) is 0 Å². The molecule has 0 spiro atoms. The molecule has 2 aromatic rings. The van der Waals surface area contributed by atoms with Crippen LogP contribution in [0.3, 0.4) is 0 Å². The number of nitrogens with zero attached hydrogens (tertiary/aromatic N) is 1. The molecule has 7 heteroatoms. The highest BCUT2D eigenvalue weighted by Crippen LogP contribution is 2.30. The molecule has 1 aromatic heterocycles. The van der Waals surface area contributed by atoms with Crippen LogP contribution in [0.1, 0.15) is 30.4 Å². The molecule has 3 rings (SSSR count). The van der Waals surface area contributed by atoms with Crippen LogP contribution < -0.4 is 20.1 Å². The van der Waals surface area contributed by atoms with Gasteiger partial charge in [-0.2, -0.15) is 11.3 Å². The smallest absolute Gasteiger partial charge is 0.191 e. The molecule has 2 heterocycles. The second-order valence-electron chi connectivity index (χ2n) is 6.10. The second kappa shape index (κ2) is 10.6. The Hall–Kier alpha value is -1.48. The summed E-state index contributed by atoms with van der Waals surface area (Å²) in [4.78, 5) is 4.30. The van der Waals surface area contributed by atoms with E-state index in [2.05, 4.69) is 45.4 Å². The summed E-state index contributed by atoms with van der Waals surface area (Å²) in [6.07, 6.45) is 0.918. The van der Waals surface area contributed by atoms with Gasteiger partial charge in [-0.1, -0.05) is 13.0 Å². The number of hydrogen-bond acceptors (Lipinski definition) is 4. The van der Waals surface area contributed by atoms with Crippen LogP contribution in [0.5, 0.6) is 11.5 Å². The number of rotatable bonds is 5. The number of fused-ring (bicyclic) bond motifs is 1. The Morgan fingerprint density at radius 2 is 2.00 bits per heavy atom. The van der Waals surface area contributed by atoms with E-state index in [1.54, 1.807) is 18.4 Å². The summed E-state index contributed by atoms with van der Waals surface area (Å²) in [5.74, 6) is 2.90. The molecule has 26 heavy (non-hydrogen) atoms. The fourth-order valence-corrected chi connectivity index (χ4v) is 3.43. The first-order valence-corrected chi connectivity index (χ1v) is 9.55. The number of halogens is 1. The van der Waals surface area contributed by atoms with E-state index in [4.69, 9.17) is 9.47 Å². The fourth-order valence-electron chi connectivity index (χ4n) is 2.65. The fraction of sp³-hybridized carbons (Fsp3) is 0.421. The maximum atomic E-state index is 5.74. The quantitative estimate of drug-likeness (QED) is 0.381. The molecule has 2 N–H and O–H groups in total. The van der Waals surface area contributed by atoms with Crippen molar-refractivity contribution in [2.45, 2.75) is 25.8 Å². The molecule has 0 aliphatic carbocycles. The van der Waals surface area contributed by atoms with E-state index in [0.717, 1.165) is 36.0 Å². The largest absolute Gasteiger partial charge is 0.490 e. The number of hydrogen-bond donors (Lipinski definition) is 2. The van der Waals surface area contributed by atoms with Gasteiger partial charge in [0.1, 0.15) is 0 Å². The van der Waals surface area contributed by atoms with Gasteiger partial charge in [0, 0.05) is 26.6 Å². The number of benzene rings is 1. The SMILES string of the molecule is CN=C(NCc1ccc2c(c1)OCCCO2)NCC(C)c1ccsc1.I. The summed E-state index contributed by atoms with van der Waals surface area (Å²) in [7, 11) is 1.79. The van der Waals surface area contributed by atoms with Gasteiger partial charge in [-0.3, -0.25) is 4.99 Å². The molecule has 1 unspecified atom stereocenters. The Kier molecular flexibility index (Phi) is 8.50. The van der Waals surface area contributed by atoms with E-state index in [9.17, 15) is 0 Å². The lowest BCUT2D eigenvalue weighted by molar-refractivity contribution is 0.297. The Morgan fingerprint density at radius 3 is 2.73 bits per heavy atom. The minimum Gasteiger partial charge on any atom is -0.490 e. The number of ether oxygens (including phenoxy) is 2. The standard InChI is InChI=1S/C19H25N3O2S.HI/c1-14(16-6-9-25-13-16)11-21-19(20-2)22-12-15-4-5-17-18(10-15)24-8-3-7-23-17;/h4-6,9-10,13-14H,3,7-8,11-12H2,1-2H3,(H2,20,21,22);1H. The maximum Gasteiger partial charge on any atom is 0.191 e. The lowest BCUT2D eigenvalue weighted by Crippen LogP contribution is -2.38. The summed E-state index contributed by atoms with van der Waals surface area (Å²) in [5, 5.41) is 11.1. The highest BCUT2D eigenvalue weighted by molar-refractivity contribution is 14.0. The van der Waals surface area contributed by atoms with Crippen LogP contribution >= 0.6 is 35.3 Å². The molecule has 142 valence electrons. The molecule has 0 saturated heterocycles. The van der Waals surface area contributed by atoms with Gasteiger partial charge in [0.2, 0.25) is 0 Å². The first kappa shape index (κ1) is 20.8. The summed E-state index contributed by atoms with van der Waals surface area (Å²) >= 11 is 1.73. The molecule has 5 nitrogen and oxygen atoms in total. The van der Waals surface area contributed by atoms with E-state index in [-0.39, 0.29) is 24.0 Å². The molecule has 0 amide bonds. The second-order valence-corrected chi connectivity index (χ2v) is 6.88. The minimum atomic E-state index is 0. The monoisotopic (exact) mass is 487 g/mol. The zero-order chi connectivity index (χ0) is 17.5. The molecule has 0 fully saturated rings. The van der Waals surface area contributed by atoms with Gasteiger partial charge in [-0.25, -0.2) is 0 Å². The molecule has 0 radical (unpaired) electrons. The molecular formula is C19H26IN3O2S. The predicted octanol–water partition coefficient (Wildman–Crippen LogP) is 4.00. The minimum absolute atomic E-state index is 0. The van der Waals surface area contributed by atoms with E-state index < -0.39 is 0 Å².